The fourth-order valence-corrected chi connectivity index (χ4v) is 3.90. The van der Waals surface area contributed by atoms with E-state index >= 15 is 0 Å². The Kier molecular flexibility index (Phi) is 7.23. The van der Waals surface area contributed by atoms with Gasteiger partial charge in [0.25, 0.3) is 0 Å². The van der Waals surface area contributed by atoms with Crippen molar-refractivity contribution in [1.82, 2.24) is 4.90 Å². The summed E-state index contributed by atoms with van der Waals surface area (Å²) in [5.74, 6) is -0.0841. The molecular weight excluding hydrogens is 332 g/mol. The Hall–Kier alpha value is -2.39. The number of nitrogens with zero attached hydrogens (tertiary/aromatic N) is 1. The van der Waals surface area contributed by atoms with Crippen LogP contribution in [-0.2, 0) is 11.2 Å². The number of para-hydroxylation sites is 1. The van der Waals surface area contributed by atoms with Crippen LogP contribution in [0.4, 0.5) is 5.69 Å². The zero-order valence-electron chi connectivity index (χ0n) is 16.2. The molecule has 1 saturated heterocycles. The normalized spacial score (nSPS) is 17.9. The minimum Gasteiger partial charge on any atom is -0.322 e. The first-order valence-electron chi connectivity index (χ1n) is 10.1. The highest BCUT2D eigenvalue weighted by Crippen LogP contribution is 2.23. The molecule has 3 heteroatoms. The molecule has 2 aromatic rings. The van der Waals surface area contributed by atoms with Crippen LogP contribution in [0.1, 0.15) is 43.7 Å². The number of hydrogen-bond acceptors (Lipinski definition) is 2. The summed E-state index contributed by atoms with van der Waals surface area (Å²) >= 11 is 0. The third-order valence-corrected chi connectivity index (χ3v) is 5.40. The van der Waals surface area contributed by atoms with Crippen molar-refractivity contribution in [2.24, 2.45) is 0 Å². The van der Waals surface area contributed by atoms with Gasteiger partial charge in [0.1, 0.15) is 0 Å². The van der Waals surface area contributed by atoms with Crippen molar-refractivity contribution >= 4 is 17.7 Å². The maximum absolute atomic E-state index is 12.3. The van der Waals surface area contributed by atoms with Gasteiger partial charge in [-0.3, -0.25) is 4.79 Å². The first-order chi connectivity index (χ1) is 13.3. The highest BCUT2D eigenvalue weighted by atomic mass is 16.1. The number of hydrogen-bond donors (Lipinski definition) is 1. The fourth-order valence-electron chi connectivity index (χ4n) is 3.90. The summed E-state index contributed by atoms with van der Waals surface area (Å²) in [5.41, 5.74) is 3.18. The summed E-state index contributed by atoms with van der Waals surface area (Å²) in [4.78, 5) is 14.9. The van der Waals surface area contributed by atoms with Crippen LogP contribution in [0, 0.1) is 0 Å². The van der Waals surface area contributed by atoms with Gasteiger partial charge in [0.2, 0.25) is 5.91 Å². The molecule has 1 aliphatic heterocycles. The van der Waals surface area contributed by atoms with Gasteiger partial charge in [0.15, 0.2) is 0 Å². The van der Waals surface area contributed by atoms with Crippen LogP contribution in [-0.4, -0.2) is 29.9 Å². The standard InChI is InChI=1S/C24H30N2O/c1-2-26-19-9-8-13-22(26)17-16-21-12-6-7-14-23(21)25-24(27)18-15-20-10-4-3-5-11-20/h3-7,10-12,14-15,18,22H,2,8-9,13,16-17,19H2,1H3,(H,25,27)/b18-15+. The van der Waals surface area contributed by atoms with Gasteiger partial charge in [0, 0.05) is 17.8 Å². The zero-order valence-corrected chi connectivity index (χ0v) is 16.2. The molecule has 0 aliphatic carbocycles. The highest BCUT2D eigenvalue weighted by molar-refractivity contribution is 6.02. The Morgan fingerprint density at radius 3 is 2.70 bits per heavy atom. The Morgan fingerprint density at radius 2 is 1.89 bits per heavy atom. The smallest absolute Gasteiger partial charge is 0.248 e. The molecule has 1 amide bonds. The van der Waals surface area contributed by atoms with Gasteiger partial charge < -0.3 is 10.2 Å². The summed E-state index contributed by atoms with van der Waals surface area (Å²) in [6, 6.07) is 18.7. The number of carbonyl (C=O) groups excluding carboxylic acids is 1. The van der Waals surface area contributed by atoms with Crippen molar-refractivity contribution < 1.29 is 4.79 Å². The van der Waals surface area contributed by atoms with Gasteiger partial charge >= 0.3 is 0 Å². The number of rotatable bonds is 7. The van der Waals surface area contributed by atoms with Gasteiger partial charge in [-0.15, -0.1) is 0 Å². The van der Waals surface area contributed by atoms with Crippen molar-refractivity contribution in [2.75, 3.05) is 18.4 Å². The van der Waals surface area contributed by atoms with Crippen molar-refractivity contribution in [2.45, 2.75) is 45.1 Å². The SMILES string of the molecule is CCN1CCCCC1CCc1ccccc1NC(=O)/C=C/c1ccccc1. The quantitative estimate of drug-likeness (QED) is 0.691. The number of piperidine rings is 1. The zero-order chi connectivity index (χ0) is 18.9. The maximum atomic E-state index is 12.3. The Bertz CT molecular complexity index is 754. The molecule has 3 nitrogen and oxygen atoms in total. The molecule has 1 aliphatic rings. The van der Waals surface area contributed by atoms with Crippen LogP contribution in [0.2, 0.25) is 0 Å². The maximum Gasteiger partial charge on any atom is 0.248 e. The molecule has 142 valence electrons. The van der Waals surface area contributed by atoms with Crippen molar-refractivity contribution in [3.05, 3.63) is 71.8 Å². The predicted octanol–water partition coefficient (Wildman–Crippen LogP) is 5.15. The molecule has 27 heavy (non-hydrogen) atoms. The second-order valence-electron chi connectivity index (χ2n) is 7.21. The molecule has 1 N–H and O–H groups in total. The molecule has 0 saturated carbocycles. The molecule has 1 atom stereocenters. The number of benzene rings is 2. The van der Waals surface area contributed by atoms with Crippen LogP contribution in [0.25, 0.3) is 6.08 Å². The molecule has 1 fully saturated rings. The molecule has 1 heterocycles. The minimum atomic E-state index is -0.0841. The van der Waals surface area contributed by atoms with E-state index in [1.54, 1.807) is 6.08 Å². The topological polar surface area (TPSA) is 32.3 Å². The Balaban J connectivity index is 1.60. The Labute approximate surface area is 163 Å². The lowest BCUT2D eigenvalue weighted by Crippen LogP contribution is -2.39. The van der Waals surface area contributed by atoms with Crippen LogP contribution >= 0.6 is 0 Å². The average molecular weight is 363 g/mol. The van der Waals surface area contributed by atoms with E-state index in [4.69, 9.17) is 0 Å². The number of likely N-dealkylation sites (tertiary alicyclic amines) is 1. The second-order valence-corrected chi connectivity index (χ2v) is 7.21. The number of nitrogens with one attached hydrogen (secondary N) is 1. The van der Waals surface area contributed by atoms with Crippen molar-refractivity contribution in [3.63, 3.8) is 0 Å². The molecule has 1 unspecified atom stereocenters. The van der Waals surface area contributed by atoms with Crippen LogP contribution in [0.15, 0.2) is 60.7 Å². The number of amides is 1. The average Bonchev–Trinajstić information content (AvgIpc) is 2.72. The monoisotopic (exact) mass is 362 g/mol. The van der Waals surface area contributed by atoms with E-state index in [1.807, 2.05) is 48.5 Å². The number of aryl methyl sites for hydroxylation is 1. The Morgan fingerprint density at radius 1 is 1.11 bits per heavy atom. The van der Waals surface area contributed by atoms with Gasteiger partial charge in [0.05, 0.1) is 0 Å². The summed E-state index contributed by atoms with van der Waals surface area (Å²) in [5, 5.41) is 3.05. The molecule has 3 rings (SSSR count). The largest absolute Gasteiger partial charge is 0.322 e. The van der Waals surface area contributed by atoms with Crippen LogP contribution in [0.3, 0.4) is 0 Å². The van der Waals surface area contributed by atoms with Gasteiger partial charge in [-0.05, 0) is 62.0 Å². The van der Waals surface area contributed by atoms with E-state index in [1.165, 1.54) is 31.4 Å². The van der Waals surface area contributed by atoms with E-state index in [0.717, 1.165) is 30.6 Å². The molecule has 2 aromatic carbocycles. The van der Waals surface area contributed by atoms with E-state index in [9.17, 15) is 4.79 Å². The molecule has 0 bridgehead atoms. The first kappa shape index (κ1) is 19.4. The number of anilines is 1. The van der Waals surface area contributed by atoms with Crippen LogP contribution in [0.5, 0.6) is 0 Å². The van der Waals surface area contributed by atoms with Crippen molar-refractivity contribution in [3.8, 4) is 0 Å². The first-order valence-corrected chi connectivity index (χ1v) is 10.1. The lowest BCUT2D eigenvalue weighted by molar-refractivity contribution is -0.111. The number of carbonyl (C=O) groups is 1. The third kappa shape index (κ3) is 5.80. The summed E-state index contributed by atoms with van der Waals surface area (Å²) < 4.78 is 0. The minimum absolute atomic E-state index is 0.0841. The summed E-state index contributed by atoms with van der Waals surface area (Å²) in [7, 11) is 0. The lowest BCUT2D eigenvalue weighted by atomic mass is 9.95. The van der Waals surface area contributed by atoms with Crippen LogP contribution < -0.4 is 5.32 Å². The van der Waals surface area contributed by atoms with E-state index in [0.29, 0.717) is 6.04 Å². The summed E-state index contributed by atoms with van der Waals surface area (Å²) in [6.45, 7) is 4.61. The molecule has 0 radical (unpaired) electrons. The van der Waals surface area contributed by atoms with Gasteiger partial charge in [-0.1, -0.05) is 61.9 Å². The third-order valence-electron chi connectivity index (χ3n) is 5.40. The highest BCUT2D eigenvalue weighted by Gasteiger charge is 2.20. The molecular formula is C24H30N2O. The predicted molar refractivity (Wildman–Crippen MR) is 114 cm³/mol. The van der Waals surface area contributed by atoms with Crippen molar-refractivity contribution in [1.29, 1.82) is 0 Å². The van der Waals surface area contributed by atoms with Gasteiger partial charge in [-0.25, -0.2) is 0 Å². The van der Waals surface area contributed by atoms with E-state index < -0.39 is 0 Å². The molecule has 0 aromatic heterocycles. The van der Waals surface area contributed by atoms with E-state index in [-0.39, 0.29) is 5.91 Å². The van der Waals surface area contributed by atoms with E-state index in [2.05, 4.69) is 29.3 Å². The fraction of sp³-hybridized carbons (Fsp3) is 0.375. The second kappa shape index (κ2) is 10.1. The van der Waals surface area contributed by atoms with Gasteiger partial charge in [-0.2, -0.15) is 0 Å². The summed E-state index contributed by atoms with van der Waals surface area (Å²) in [6.07, 6.45) is 9.56. The molecule has 0 spiro atoms. The lowest BCUT2D eigenvalue weighted by Gasteiger charge is -2.35.